The molecule has 5 heteroatoms. The van der Waals surface area contributed by atoms with E-state index in [9.17, 15) is 8.42 Å². The van der Waals surface area contributed by atoms with Crippen LogP contribution in [0.2, 0.25) is 5.02 Å². The van der Waals surface area contributed by atoms with Gasteiger partial charge in [-0.15, -0.1) is 0 Å². The molecule has 0 bridgehead atoms. The fourth-order valence-corrected chi connectivity index (χ4v) is 3.88. The molecule has 1 aromatic carbocycles. The van der Waals surface area contributed by atoms with E-state index in [0.29, 0.717) is 30.4 Å². The molecule has 1 aliphatic heterocycles. The smallest absolute Gasteiger partial charge is 0.150 e. The molecule has 3 nitrogen and oxygen atoms in total. The van der Waals surface area contributed by atoms with Crippen molar-refractivity contribution in [2.75, 3.05) is 11.5 Å². The number of sulfone groups is 1. The maximum Gasteiger partial charge on any atom is 0.150 e. The third-order valence-corrected chi connectivity index (χ3v) is 5.38. The van der Waals surface area contributed by atoms with Crippen LogP contribution in [0.4, 0.5) is 0 Å². The Labute approximate surface area is 113 Å². The Hall–Kier alpha value is -0.580. The summed E-state index contributed by atoms with van der Waals surface area (Å²) >= 11 is 5.85. The van der Waals surface area contributed by atoms with Crippen LogP contribution in [0.3, 0.4) is 0 Å². The van der Waals surface area contributed by atoms with Gasteiger partial charge in [0.25, 0.3) is 0 Å². The van der Waals surface area contributed by atoms with Gasteiger partial charge in [-0.3, -0.25) is 0 Å². The Bertz CT molecular complexity index is 484. The lowest BCUT2D eigenvalue weighted by molar-refractivity contribution is 0.420. The molecule has 1 atom stereocenters. The fraction of sp³-hybridized carbons (Fsp3) is 0.538. The molecule has 0 radical (unpaired) electrons. The van der Waals surface area contributed by atoms with Crippen LogP contribution in [-0.4, -0.2) is 26.0 Å². The lowest BCUT2D eigenvalue weighted by atomic mass is 10.1. The van der Waals surface area contributed by atoms with Crippen LogP contribution in [0, 0.1) is 0 Å². The van der Waals surface area contributed by atoms with Gasteiger partial charge >= 0.3 is 0 Å². The lowest BCUT2D eigenvalue weighted by Gasteiger charge is -2.26. The van der Waals surface area contributed by atoms with E-state index in [2.05, 4.69) is 12.2 Å². The zero-order valence-electron chi connectivity index (χ0n) is 10.4. The highest BCUT2D eigenvalue weighted by Crippen LogP contribution is 2.19. The highest BCUT2D eigenvalue weighted by Gasteiger charge is 2.24. The third-order valence-electron chi connectivity index (χ3n) is 3.41. The fourth-order valence-electron chi connectivity index (χ4n) is 2.26. The van der Waals surface area contributed by atoms with Gasteiger partial charge in [0.1, 0.15) is 9.84 Å². The molecule has 2 rings (SSSR count). The SMILES string of the molecule is CC(NC1CCS(=O)(=O)CC1)c1ccc(Cl)cc1. The van der Waals surface area contributed by atoms with Gasteiger partial charge in [0.15, 0.2) is 0 Å². The second-order valence-electron chi connectivity index (χ2n) is 4.87. The topological polar surface area (TPSA) is 46.2 Å². The first-order valence-electron chi connectivity index (χ1n) is 6.18. The Kier molecular flexibility index (Phi) is 4.30. The van der Waals surface area contributed by atoms with E-state index < -0.39 is 9.84 Å². The first kappa shape index (κ1) is 13.8. The van der Waals surface area contributed by atoms with E-state index >= 15 is 0 Å². The molecule has 1 fully saturated rings. The van der Waals surface area contributed by atoms with Gasteiger partial charge in [0, 0.05) is 17.1 Å². The molecule has 0 aromatic heterocycles. The molecule has 0 aliphatic carbocycles. The maximum absolute atomic E-state index is 11.3. The van der Waals surface area contributed by atoms with Crippen molar-refractivity contribution < 1.29 is 8.42 Å². The summed E-state index contributed by atoms with van der Waals surface area (Å²) in [5.74, 6) is 0.607. The van der Waals surface area contributed by atoms with Gasteiger partial charge in [-0.2, -0.15) is 0 Å². The minimum Gasteiger partial charge on any atom is -0.307 e. The van der Waals surface area contributed by atoms with Crippen LogP contribution in [-0.2, 0) is 9.84 Å². The van der Waals surface area contributed by atoms with Crippen molar-refractivity contribution in [3.8, 4) is 0 Å². The Morgan fingerprint density at radius 3 is 2.33 bits per heavy atom. The summed E-state index contributed by atoms with van der Waals surface area (Å²) in [7, 11) is -2.78. The quantitative estimate of drug-likeness (QED) is 0.929. The van der Waals surface area contributed by atoms with Crippen LogP contribution < -0.4 is 5.32 Å². The van der Waals surface area contributed by atoms with Crippen molar-refractivity contribution in [3.05, 3.63) is 34.9 Å². The predicted octanol–water partition coefficient (Wildman–Crippen LogP) is 2.57. The average Bonchev–Trinajstić information content (AvgIpc) is 2.33. The van der Waals surface area contributed by atoms with Gasteiger partial charge in [-0.05, 0) is 37.5 Å². The molecule has 1 heterocycles. The minimum absolute atomic E-state index is 0.216. The van der Waals surface area contributed by atoms with Gasteiger partial charge < -0.3 is 5.32 Å². The van der Waals surface area contributed by atoms with Gasteiger partial charge in [-0.25, -0.2) is 8.42 Å². The van der Waals surface area contributed by atoms with Gasteiger partial charge in [0.2, 0.25) is 0 Å². The molecular formula is C13H18ClNO2S. The van der Waals surface area contributed by atoms with E-state index in [4.69, 9.17) is 11.6 Å². The van der Waals surface area contributed by atoms with Crippen molar-refractivity contribution in [2.24, 2.45) is 0 Å². The zero-order valence-corrected chi connectivity index (χ0v) is 12.0. The van der Waals surface area contributed by atoms with E-state index in [1.54, 1.807) is 0 Å². The number of halogens is 1. The van der Waals surface area contributed by atoms with E-state index in [-0.39, 0.29) is 6.04 Å². The standard InChI is InChI=1S/C13H18ClNO2S/c1-10(11-2-4-12(14)5-3-11)15-13-6-8-18(16,17)9-7-13/h2-5,10,13,15H,6-9H2,1H3. The first-order valence-corrected chi connectivity index (χ1v) is 8.38. The van der Waals surface area contributed by atoms with Crippen molar-refractivity contribution in [2.45, 2.75) is 31.8 Å². The summed E-state index contributed by atoms with van der Waals surface area (Å²) in [5.41, 5.74) is 1.17. The molecule has 100 valence electrons. The normalized spacial score (nSPS) is 21.7. The predicted molar refractivity (Wildman–Crippen MR) is 74.7 cm³/mol. The zero-order chi connectivity index (χ0) is 13.2. The molecule has 1 aromatic rings. The molecule has 18 heavy (non-hydrogen) atoms. The molecule has 0 amide bonds. The molecule has 1 N–H and O–H groups in total. The minimum atomic E-state index is -2.78. The number of rotatable bonds is 3. The number of benzene rings is 1. The van der Waals surface area contributed by atoms with Crippen LogP contribution in [0.5, 0.6) is 0 Å². The van der Waals surface area contributed by atoms with Gasteiger partial charge in [-0.1, -0.05) is 23.7 Å². The molecular weight excluding hydrogens is 270 g/mol. The highest BCUT2D eigenvalue weighted by molar-refractivity contribution is 7.91. The lowest BCUT2D eigenvalue weighted by Crippen LogP contribution is -2.38. The van der Waals surface area contributed by atoms with Crippen molar-refractivity contribution in [1.82, 2.24) is 5.32 Å². The third kappa shape index (κ3) is 3.70. The second kappa shape index (κ2) is 5.59. The summed E-state index contributed by atoms with van der Waals surface area (Å²) in [5, 5.41) is 4.22. The summed E-state index contributed by atoms with van der Waals surface area (Å²) in [6.45, 7) is 2.09. The van der Waals surface area contributed by atoms with Crippen molar-refractivity contribution in [1.29, 1.82) is 0 Å². The average molecular weight is 288 g/mol. The monoisotopic (exact) mass is 287 g/mol. The van der Waals surface area contributed by atoms with Crippen LogP contribution in [0.15, 0.2) is 24.3 Å². The molecule has 0 spiro atoms. The Morgan fingerprint density at radius 1 is 1.22 bits per heavy atom. The van der Waals surface area contributed by atoms with E-state index in [1.807, 2.05) is 24.3 Å². The van der Waals surface area contributed by atoms with Gasteiger partial charge in [0.05, 0.1) is 11.5 Å². The van der Waals surface area contributed by atoms with E-state index in [1.165, 1.54) is 5.56 Å². The molecule has 0 saturated carbocycles. The molecule has 1 unspecified atom stereocenters. The van der Waals surface area contributed by atoms with Crippen LogP contribution in [0.25, 0.3) is 0 Å². The second-order valence-corrected chi connectivity index (χ2v) is 7.61. The van der Waals surface area contributed by atoms with Crippen molar-refractivity contribution in [3.63, 3.8) is 0 Å². The summed E-state index contributed by atoms with van der Waals surface area (Å²) in [6, 6.07) is 8.26. The van der Waals surface area contributed by atoms with Crippen LogP contribution >= 0.6 is 11.6 Å². The summed E-state index contributed by atoms with van der Waals surface area (Å²) in [6.07, 6.45) is 1.42. The maximum atomic E-state index is 11.3. The number of hydrogen-bond donors (Lipinski definition) is 1. The molecule has 1 saturated heterocycles. The van der Waals surface area contributed by atoms with Crippen molar-refractivity contribution >= 4 is 21.4 Å². The summed E-state index contributed by atoms with van der Waals surface area (Å²) < 4.78 is 22.7. The molecule has 1 aliphatic rings. The summed E-state index contributed by atoms with van der Waals surface area (Å²) in [4.78, 5) is 0. The number of nitrogens with one attached hydrogen (secondary N) is 1. The Morgan fingerprint density at radius 2 is 1.78 bits per heavy atom. The van der Waals surface area contributed by atoms with E-state index in [0.717, 1.165) is 5.02 Å². The Balaban J connectivity index is 1.92. The highest BCUT2D eigenvalue weighted by atomic mass is 35.5. The first-order chi connectivity index (χ1) is 8.46. The van der Waals surface area contributed by atoms with Crippen LogP contribution in [0.1, 0.15) is 31.4 Å². The number of hydrogen-bond acceptors (Lipinski definition) is 3. The largest absolute Gasteiger partial charge is 0.307 e.